The number of morpholine rings is 1. The van der Waals surface area contributed by atoms with Crippen molar-refractivity contribution in [3.05, 3.63) is 29.6 Å². The highest BCUT2D eigenvalue weighted by Crippen LogP contribution is 2.27. The molecule has 1 atom stereocenters. The van der Waals surface area contributed by atoms with Gasteiger partial charge in [-0.05, 0) is 25.2 Å². The maximum Gasteiger partial charge on any atom is 0.123 e. The molecule has 1 unspecified atom stereocenters. The number of rotatable bonds is 4. The van der Waals surface area contributed by atoms with Crippen LogP contribution >= 0.6 is 0 Å². The van der Waals surface area contributed by atoms with Crippen LogP contribution in [0.3, 0.4) is 0 Å². The second-order valence-corrected chi connectivity index (χ2v) is 4.38. The Bertz CT molecular complexity index is 395. The van der Waals surface area contributed by atoms with Crippen LogP contribution in [-0.4, -0.2) is 45.0 Å². The highest BCUT2D eigenvalue weighted by Gasteiger charge is 2.19. The number of nitrogens with zero attached hydrogens (tertiary/aromatic N) is 1. The van der Waals surface area contributed by atoms with E-state index in [1.54, 1.807) is 13.1 Å². The molecule has 0 bridgehead atoms. The Hall–Kier alpha value is -1.17. The molecule has 1 aromatic carbocycles. The van der Waals surface area contributed by atoms with Crippen molar-refractivity contribution < 1.29 is 14.2 Å². The summed E-state index contributed by atoms with van der Waals surface area (Å²) in [5, 5.41) is 13.0. The van der Waals surface area contributed by atoms with Gasteiger partial charge in [0.25, 0.3) is 0 Å². The second kappa shape index (κ2) is 6.13. The van der Waals surface area contributed by atoms with Crippen LogP contribution in [-0.2, 0) is 4.74 Å². The van der Waals surface area contributed by atoms with Gasteiger partial charge in [0, 0.05) is 30.9 Å². The monoisotopic (exact) mass is 254 g/mol. The number of hydrogen-bond acceptors (Lipinski definition) is 4. The Labute approximate surface area is 106 Å². The predicted octanol–water partition coefficient (Wildman–Crippen LogP) is 0.915. The fourth-order valence-electron chi connectivity index (χ4n) is 2.19. The largest absolute Gasteiger partial charge is 0.387 e. The topological polar surface area (TPSA) is 44.7 Å². The minimum atomic E-state index is -0.705. The number of halogens is 1. The molecular weight excluding hydrogens is 235 g/mol. The molecule has 0 radical (unpaired) electrons. The van der Waals surface area contributed by atoms with Gasteiger partial charge in [0.15, 0.2) is 0 Å². The number of aliphatic hydroxyl groups is 1. The third-order valence-electron chi connectivity index (χ3n) is 3.10. The summed E-state index contributed by atoms with van der Waals surface area (Å²) in [4.78, 5) is 2.12. The Morgan fingerprint density at radius 3 is 2.83 bits per heavy atom. The average molecular weight is 254 g/mol. The summed E-state index contributed by atoms with van der Waals surface area (Å²) in [5.74, 6) is -0.322. The van der Waals surface area contributed by atoms with E-state index in [0.717, 1.165) is 18.8 Å². The molecule has 4 nitrogen and oxygen atoms in total. The van der Waals surface area contributed by atoms with Crippen LogP contribution in [0.2, 0.25) is 0 Å². The molecule has 1 aliphatic heterocycles. The fourth-order valence-corrected chi connectivity index (χ4v) is 2.19. The van der Waals surface area contributed by atoms with Gasteiger partial charge in [0.2, 0.25) is 0 Å². The van der Waals surface area contributed by atoms with Gasteiger partial charge in [-0.1, -0.05) is 0 Å². The molecule has 2 N–H and O–H groups in total. The zero-order valence-corrected chi connectivity index (χ0v) is 10.5. The highest BCUT2D eigenvalue weighted by atomic mass is 19.1. The van der Waals surface area contributed by atoms with E-state index in [4.69, 9.17) is 4.74 Å². The van der Waals surface area contributed by atoms with Gasteiger partial charge in [-0.15, -0.1) is 0 Å². The van der Waals surface area contributed by atoms with Gasteiger partial charge >= 0.3 is 0 Å². The molecule has 0 amide bonds. The first kappa shape index (κ1) is 13.3. The van der Waals surface area contributed by atoms with Crippen molar-refractivity contribution >= 4 is 5.69 Å². The standard InChI is InChI=1S/C13H19FN2O2/c1-15-9-13(17)11-8-10(14)2-3-12(11)16-4-6-18-7-5-16/h2-3,8,13,15,17H,4-7,9H2,1H3. The molecule has 0 saturated carbocycles. The smallest absolute Gasteiger partial charge is 0.123 e. The van der Waals surface area contributed by atoms with Gasteiger partial charge in [-0.2, -0.15) is 0 Å². The fraction of sp³-hybridized carbons (Fsp3) is 0.538. The van der Waals surface area contributed by atoms with E-state index in [9.17, 15) is 9.50 Å². The highest BCUT2D eigenvalue weighted by molar-refractivity contribution is 5.55. The van der Waals surface area contributed by atoms with Gasteiger partial charge in [-0.25, -0.2) is 4.39 Å². The lowest BCUT2D eigenvalue weighted by molar-refractivity contribution is 0.122. The van der Waals surface area contributed by atoms with E-state index < -0.39 is 6.10 Å². The van der Waals surface area contributed by atoms with Crippen LogP contribution < -0.4 is 10.2 Å². The molecule has 18 heavy (non-hydrogen) atoms. The number of aliphatic hydroxyl groups excluding tert-OH is 1. The summed E-state index contributed by atoms with van der Waals surface area (Å²) < 4.78 is 18.6. The maximum absolute atomic E-state index is 13.3. The van der Waals surface area contributed by atoms with Crippen LogP contribution in [0.1, 0.15) is 11.7 Å². The summed E-state index contributed by atoms with van der Waals surface area (Å²) in [6.07, 6.45) is -0.705. The van der Waals surface area contributed by atoms with Crippen molar-refractivity contribution in [2.24, 2.45) is 0 Å². The van der Waals surface area contributed by atoms with Crippen LogP contribution in [0.5, 0.6) is 0 Å². The third-order valence-corrected chi connectivity index (χ3v) is 3.10. The van der Waals surface area contributed by atoms with E-state index in [-0.39, 0.29) is 5.82 Å². The van der Waals surface area contributed by atoms with Crippen LogP contribution in [0, 0.1) is 5.82 Å². The molecule has 1 fully saturated rings. The predicted molar refractivity (Wildman–Crippen MR) is 68.3 cm³/mol. The molecule has 0 spiro atoms. The first-order valence-corrected chi connectivity index (χ1v) is 6.17. The molecule has 100 valence electrons. The van der Waals surface area contributed by atoms with E-state index in [0.29, 0.717) is 25.3 Å². The lowest BCUT2D eigenvalue weighted by atomic mass is 10.1. The lowest BCUT2D eigenvalue weighted by Gasteiger charge is -2.31. The molecule has 1 heterocycles. The van der Waals surface area contributed by atoms with Crippen molar-refractivity contribution in [1.29, 1.82) is 0 Å². The summed E-state index contributed by atoms with van der Waals surface area (Å²) in [7, 11) is 1.76. The van der Waals surface area contributed by atoms with Crippen molar-refractivity contribution in [2.75, 3.05) is 44.8 Å². The van der Waals surface area contributed by atoms with E-state index in [1.807, 2.05) is 0 Å². The molecule has 1 aromatic rings. The van der Waals surface area contributed by atoms with Crippen molar-refractivity contribution in [3.8, 4) is 0 Å². The molecule has 5 heteroatoms. The molecule has 0 aliphatic carbocycles. The lowest BCUT2D eigenvalue weighted by Crippen LogP contribution is -2.37. The van der Waals surface area contributed by atoms with E-state index >= 15 is 0 Å². The Kier molecular flexibility index (Phi) is 4.52. The van der Waals surface area contributed by atoms with Crippen LogP contribution in [0.4, 0.5) is 10.1 Å². The zero-order chi connectivity index (χ0) is 13.0. The number of anilines is 1. The number of ether oxygens (including phenoxy) is 1. The quantitative estimate of drug-likeness (QED) is 0.838. The zero-order valence-electron chi connectivity index (χ0n) is 10.5. The average Bonchev–Trinajstić information content (AvgIpc) is 2.40. The van der Waals surface area contributed by atoms with Crippen LogP contribution in [0.25, 0.3) is 0 Å². The SMILES string of the molecule is CNCC(O)c1cc(F)ccc1N1CCOCC1. The summed E-state index contributed by atoms with van der Waals surface area (Å²) >= 11 is 0. The van der Waals surface area contributed by atoms with E-state index in [1.165, 1.54) is 12.1 Å². The van der Waals surface area contributed by atoms with E-state index in [2.05, 4.69) is 10.2 Å². The Balaban J connectivity index is 2.27. The Morgan fingerprint density at radius 1 is 1.44 bits per heavy atom. The first-order chi connectivity index (χ1) is 8.72. The molecule has 1 saturated heterocycles. The molecule has 2 rings (SSSR count). The molecular formula is C13H19FN2O2. The Morgan fingerprint density at radius 2 is 2.17 bits per heavy atom. The number of likely N-dealkylation sites (N-methyl/N-ethyl adjacent to an activating group) is 1. The molecule has 1 aliphatic rings. The molecule has 0 aromatic heterocycles. The minimum Gasteiger partial charge on any atom is -0.387 e. The first-order valence-electron chi connectivity index (χ1n) is 6.17. The third kappa shape index (κ3) is 2.98. The van der Waals surface area contributed by atoms with Gasteiger partial charge < -0.3 is 20.1 Å². The van der Waals surface area contributed by atoms with Gasteiger partial charge in [0.05, 0.1) is 19.3 Å². The summed E-state index contributed by atoms with van der Waals surface area (Å²) in [6, 6.07) is 4.57. The number of hydrogen-bond donors (Lipinski definition) is 2. The minimum absolute atomic E-state index is 0.322. The maximum atomic E-state index is 13.3. The van der Waals surface area contributed by atoms with Crippen molar-refractivity contribution in [2.45, 2.75) is 6.10 Å². The normalized spacial score (nSPS) is 17.8. The number of benzene rings is 1. The van der Waals surface area contributed by atoms with Crippen LogP contribution in [0.15, 0.2) is 18.2 Å². The van der Waals surface area contributed by atoms with Gasteiger partial charge in [-0.3, -0.25) is 0 Å². The van der Waals surface area contributed by atoms with Gasteiger partial charge in [0.1, 0.15) is 5.82 Å². The number of nitrogens with one attached hydrogen (secondary N) is 1. The van der Waals surface area contributed by atoms with Crippen molar-refractivity contribution in [3.63, 3.8) is 0 Å². The summed E-state index contributed by atoms with van der Waals surface area (Å²) in [5.41, 5.74) is 1.52. The summed E-state index contributed by atoms with van der Waals surface area (Å²) in [6.45, 7) is 3.27. The second-order valence-electron chi connectivity index (χ2n) is 4.38. The van der Waals surface area contributed by atoms with Crippen molar-refractivity contribution in [1.82, 2.24) is 5.32 Å².